The molecule has 0 spiro atoms. The molecule has 0 aromatic heterocycles. The van der Waals surface area contributed by atoms with Crippen molar-refractivity contribution in [2.24, 2.45) is 5.41 Å². The Morgan fingerprint density at radius 2 is 2.09 bits per heavy atom. The number of carbonyl (C=O) groups is 2. The Kier molecular flexibility index (Phi) is 7.34. The van der Waals surface area contributed by atoms with Crippen molar-refractivity contribution >= 4 is 30.0 Å². The van der Waals surface area contributed by atoms with E-state index >= 15 is 0 Å². The van der Waals surface area contributed by atoms with Crippen LogP contribution in [0.5, 0.6) is 0 Å². The largest absolute Gasteiger partial charge is 0.396 e. The van der Waals surface area contributed by atoms with Gasteiger partial charge in [-0.3, -0.25) is 14.1 Å². The molecule has 0 saturated carbocycles. The van der Waals surface area contributed by atoms with Crippen LogP contribution in [0.25, 0.3) is 0 Å². The molecule has 2 amide bonds. The first kappa shape index (κ1) is 19.4. The minimum absolute atomic E-state index is 0.135. The Morgan fingerprint density at radius 1 is 1.41 bits per heavy atom. The molecule has 1 saturated heterocycles. The van der Waals surface area contributed by atoms with Crippen LogP contribution in [-0.2, 0) is 23.2 Å². The third-order valence-electron chi connectivity index (χ3n) is 3.14. The van der Waals surface area contributed by atoms with Crippen LogP contribution in [0, 0.1) is 5.41 Å². The number of hydrogen-bond acceptors (Lipinski definition) is 7. The van der Waals surface area contributed by atoms with E-state index in [0.29, 0.717) is 12.3 Å². The van der Waals surface area contributed by atoms with Gasteiger partial charge in [0.05, 0.1) is 6.61 Å². The highest BCUT2D eigenvalue weighted by Crippen LogP contribution is 2.61. The van der Waals surface area contributed by atoms with Gasteiger partial charge in [0.2, 0.25) is 11.8 Å². The zero-order valence-corrected chi connectivity index (χ0v) is 14.7. The molecule has 3 N–H and O–H groups in total. The van der Waals surface area contributed by atoms with Crippen molar-refractivity contribution in [3.05, 3.63) is 0 Å². The van der Waals surface area contributed by atoms with Gasteiger partial charge in [-0.2, -0.15) is 0 Å². The molecule has 2 atom stereocenters. The van der Waals surface area contributed by atoms with Gasteiger partial charge in [-0.15, -0.1) is 0 Å². The fourth-order valence-corrected chi connectivity index (χ4v) is 4.72. The van der Waals surface area contributed by atoms with Crippen molar-refractivity contribution in [3.8, 4) is 0 Å². The van der Waals surface area contributed by atoms with E-state index in [1.165, 1.54) is 7.11 Å². The van der Waals surface area contributed by atoms with E-state index in [-0.39, 0.29) is 25.5 Å². The van der Waals surface area contributed by atoms with E-state index in [1.54, 1.807) is 13.8 Å². The Bertz CT molecular complexity index is 459. The van der Waals surface area contributed by atoms with Crippen LogP contribution < -0.4 is 10.6 Å². The Balaban J connectivity index is 3.01. The van der Waals surface area contributed by atoms with Crippen molar-refractivity contribution in [1.82, 2.24) is 10.6 Å². The smallest absolute Gasteiger partial charge is 0.389 e. The molecule has 1 unspecified atom stereocenters. The standard InChI is InChI=1S/C12H23N2O6PS/c1-12(2,8-15)10-11(17)14-5-4-9(16)13-6-7-22-21(18,19-3)20-10/h10,15H,4-8H2,1-3H3,(H,13,16)(H,14,17)/t10-,21?/m0/s1. The van der Waals surface area contributed by atoms with E-state index in [2.05, 4.69) is 10.6 Å². The number of rotatable bonds is 3. The molecule has 8 nitrogen and oxygen atoms in total. The van der Waals surface area contributed by atoms with Crippen molar-refractivity contribution in [3.63, 3.8) is 0 Å². The van der Waals surface area contributed by atoms with Crippen molar-refractivity contribution in [2.75, 3.05) is 32.6 Å². The predicted octanol–water partition coefficient (Wildman–Crippen LogP) is 0.514. The van der Waals surface area contributed by atoms with Crippen molar-refractivity contribution in [2.45, 2.75) is 26.4 Å². The summed E-state index contributed by atoms with van der Waals surface area (Å²) in [4.78, 5) is 23.8. The minimum atomic E-state index is -3.58. The van der Waals surface area contributed by atoms with Gasteiger partial charge < -0.3 is 20.3 Å². The molecule has 0 aromatic rings. The molecule has 0 bridgehead atoms. The van der Waals surface area contributed by atoms with Gasteiger partial charge in [-0.05, 0) is 11.4 Å². The zero-order chi connectivity index (χ0) is 16.8. The summed E-state index contributed by atoms with van der Waals surface area (Å²) >= 11 is 0.908. The average Bonchev–Trinajstić information content (AvgIpc) is 2.48. The van der Waals surface area contributed by atoms with Crippen LogP contribution in [0.3, 0.4) is 0 Å². The van der Waals surface area contributed by atoms with E-state index in [9.17, 15) is 19.3 Å². The molecule has 0 aliphatic carbocycles. The topological polar surface area (TPSA) is 114 Å². The lowest BCUT2D eigenvalue weighted by molar-refractivity contribution is -0.135. The van der Waals surface area contributed by atoms with E-state index in [1.807, 2.05) is 0 Å². The molecular weight excluding hydrogens is 331 g/mol. The van der Waals surface area contributed by atoms with Gasteiger partial charge in [-0.25, -0.2) is 4.57 Å². The lowest BCUT2D eigenvalue weighted by atomic mass is 9.87. The summed E-state index contributed by atoms with van der Waals surface area (Å²) in [5, 5.41) is 14.7. The van der Waals surface area contributed by atoms with Crippen LogP contribution in [0.1, 0.15) is 20.3 Å². The Morgan fingerprint density at radius 3 is 2.68 bits per heavy atom. The lowest BCUT2D eigenvalue weighted by Crippen LogP contribution is -2.47. The summed E-state index contributed by atoms with van der Waals surface area (Å²) in [6.07, 6.45) is -1.01. The first-order valence-electron chi connectivity index (χ1n) is 6.88. The molecule has 1 fully saturated rings. The van der Waals surface area contributed by atoms with Crippen LogP contribution in [0.15, 0.2) is 0 Å². The molecule has 0 aromatic carbocycles. The quantitative estimate of drug-likeness (QED) is 0.633. The molecule has 128 valence electrons. The van der Waals surface area contributed by atoms with Gasteiger partial charge in [0, 0.05) is 37.8 Å². The maximum atomic E-state index is 12.6. The Labute approximate surface area is 134 Å². The predicted molar refractivity (Wildman–Crippen MR) is 83.4 cm³/mol. The molecule has 1 heterocycles. The van der Waals surface area contributed by atoms with Gasteiger partial charge in [-0.1, -0.05) is 13.8 Å². The summed E-state index contributed by atoms with van der Waals surface area (Å²) in [5.41, 5.74) is -0.953. The lowest BCUT2D eigenvalue weighted by Gasteiger charge is -2.33. The second-order valence-corrected chi connectivity index (χ2v) is 9.74. The second kappa shape index (κ2) is 8.31. The summed E-state index contributed by atoms with van der Waals surface area (Å²) < 4.78 is 23.0. The summed E-state index contributed by atoms with van der Waals surface area (Å²) in [5.74, 6) is -0.414. The van der Waals surface area contributed by atoms with E-state index in [4.69, 9.17) is 9.05 Å². The third kappa shape index (κ3) is 5.55. The first-order chi connectivity index (χ1) is 10.2. The van der Waals surface area contributed by atoms with Crippen LogP contribution in [0.4, 0.5) is 0 Å². The van der Waals surface area contributed by atoms with Gasteiger partial charge in [0.15, 0.2) is 6.10 Å². The van der Waals surface area contributed by atoms with E-state index in [0.717, 1.165) is 11.4 Å². The molecule has 1 rings (SSSR count). The SMILES string of the molecule is COP1(=O)O[C@H](C(C)(C)CO)C(=O)NCCC(=O)NCCS1. The van der Waals surface area contributed by atoms with Crippen molar-refractivity contribution < 1.29 is 28.3 Å². The average molecular weight is 354 g/mol. The third-order valence-corrected chi connectivity index (χ3v) is 6.96. The summed E-state index contributed by atoms with van der Waals surface area (Å²) in [6.45, 7) is -0.201. The maximum absolute atomic E-state index is 12.6. The molecule has 1 aliphatic rings. The Hall–Kier alpha value is -0.600. The van der Waals surface area contributed by atoms with Gasteiger partial charge in [0.1, 0.15) is 0 Å². The second-order valence-electron chi connectivity index (χ2n) is 5.49. The molecule has 22 heavy (non-hydrogen) atoms. The number of amides is 2. The highest BCUT2D eigenvalue weighted by atomic mass is 32.7. The minimum Gasteiger partial charge on any atom is -0.396 e. The number of hydrogen-bond donors (Lipinski definition) is 3. The summed E-state index contributed by atoms with van der Waals surface area (Å²) in [7, 11) is 1.24. The number of aliphatic hydroxyl groups is 1. The van der Waals surface area contributed by atoms with Crippen molar-refractivity contribution in [1.29, 1.82) is 0 Å². The summed E-state index contributed by atoms with van der Waals surface area (Å²) in [6, 6.07) is 0. The molecule has 0 radical (unpaired) electrons. The number of nitrogens with one attached hydrogen (secondary N) is 2. The van der Waals surface area contributed by atoms with Crippen LogP contribution in [-0.4, -0.2) is 55.6 Å². The van der Waals surface area contributed by atoms with Crippen LogP contribution in [0.2, 0.25) is 0 Å². The zero-order valence-electron chi connectivity index (χ0n) is 13.0. The van der Waals surface area contributed by atoms with Crippen LogP contribution >= 0.6 is 18.2 Å². The monoisotopic (exact) mass is 354 g/mol. The normalized spacial score (nSPS) is 29.0. The molecule has 1 aliphatic heterocycles. The molecule has 10 heteroatoms. The van der Waals surface area contributed by atoms with Gasteiger partial charge in [0.25, 0.3) is 0 Å². The fourth-order valence-electron chi connectivity index (χ4n) is 1.71. The highest BCUT2D eigenvalue weighted by molar-refractivity contribution is 8.55. The van der Waals surface area contributed by atoms with E-state index < -0.39 is 24.2 Å². The number of carbonyl (C=O) groups excluding carboxylic acids is 2. The fraction of sp³-hybridized carbons (Fsp3) is 0.833. The highest BCUT2D eigenvalue weighted by Gasteiger charge is 2.42. The van der Waals surface area contributed by atoms with Gasteiger partial charge >= 0.3 is 6.80 Å². The maximum Gasteiger partial charge on any atom is 0.389 e. The first-order valence-corrected chi connectivity index (χ1v) is 10.0. The number of aliphatic hydroxyl groups excluding tert-OH is 1. The molecular formula is C12H23N2O6PS.